The fourth-order valence-electron chi connectivity index (χ4n) is 4.38. The molecule has 4 rings (SSSR count). The summed E-state index contributed by atoms with van der Waals surface area (Å²) in [5.41, 5.74) is 3.19. The number of Topliss-reactive ketones (excluding diaryl/α,β-unsaturated/α-hetero) is 1. The molecule has 5 heteroatoms. The van der Waals surface area contributed by atoms with Gasteiger partial charge in [-0.1, -0.05) is 48.5 Å². The van der Waals surface area contributed by atoms with E-state index in [4.69, 9.17) is 14.5 Å². The van der Waals surface area contributed by atoms with E-state index in [1.54, 1.807) is 14.2 Å². The van der Waals surface area contributed by atoms with Crippen molar-refractivity contribution in [2.45, 2.75) is 32.1 Å². The zero-order valence-corrected chi connectivity index (χ0v) is 19.1. The Morgan fingerprint density at radius 3 is 2.58 bits per heavy atom. The number of benzene rings is 3. The molecule has 0 bridgehead atoms. The van der Waals surface area contributed by atoms with Crippen LogP contribution in [0, 0.1) is 0 Å². The number of aliphatic hydroxyl groups is 1. The van der Waals surface area contributed by atoms with Gasteiger partial charge in [0.2, 0.25) is 0 Å². The molecule has 0 saturated heterocycles. The predicted molar refractivity (Wildman–Crippen MR) is 132 cm³/mol. The van der Waals surface area contributed by atoms with Crippen molar-refractivity contribution < 1.29 is 19.4 Å². The normalized spacial score (nSPS) is 16.8. The van der Waals surface area contributed by atoms with Crippen molar-refractivity contribution >= 4 is 22.3 Å². The molecule has 0 aromatic heterocycles. The standard InChI is InChI=1S/C28H29NO4/c1-32-26-14-13-19(17-27(26)33-2)15-16-29-23-11-6-12-24(30)28(23)25(31)18-21-9-5-8-20-7-3-4-10-22(20)21/h3-5,7-10,13-14,17,31H,6,11-12,15-16,18H2,1-2H3/b28-25-,29-23?. The number of hydrogen-bond donors (Lipinski definition) is 1. The molecule has 3 aromatic carbocycles. The van der Waals surface area contributed by atoms with Crippen LogP contribution in [0.3, 0.4) is 0 Å². The Morgan fingerprint density at radius 1 is 0.970 bits per heavy atom. The first-order valence-corrected chi connectivity index (χ1v) is 11.3. The summed E-state index contributed by atoms with van der Waals surface area (Å²) in [4.78, 5) is 17.5. The van der Waals surface area contributed by atoms with Crippen molar-refractivity contribution in [2.24, 2.45) is 4.99 Å². The molecule has 0 unspecified atom stereocenters. The third kappa shape index (κ3) is 5.08. The zero-order valence-electron chi connectivity index (χ0n) is 19.1. The van der Waals surface area contributed by atoms with Crippen molar-refractivity contribution in [1.82, 2.24) is 0 Å². The minimum absolute atomic E-state index is 0.0242. The van der Waals surface area contributed by atoms with Crippen LogP contribution < -0.4 is 9.47 Å². The Morgan fingerprint density at radius 2 is 1.76 bits per heavy atom. The number of fused-ring (bicyclic) bond motifs is 1. The van der Waals surface area contributed by atoms with Crippen LogP contribution in [-0.4, -0.2) is 37.4 Å². The summed E-state index contributed by atoms with van der Waals surface area (Å²) in [5, 5.41) is 13.2. The van der Waals surface area contributed by atoms with Gasteiger partial charge < -0.3 is 14.6 Å². The number of carbonyl (C=O) groups excluding carboxylic acids is 1. The molecule has 3 aromatic rings. The average Bonchev–Trinajstić information content (AvgIpc) is 2.84. The van der Waals surface area contributed by atoms with E-state index in [1.807, 2.05) is 48.5 Å². The van der Waals surface area contributed by atoms with Gasteiger partial charge in [-0.2, -0.15) is 0 Å². The minimum atomic E-state index is -0.0242. The zero-order chi connectivity index (χ0) is 23.2. The number of methoxy groups -OCH3 is 2. The van der Waals surface area contributed by atoms with Gasteiger partial charge in [0.15, 0.2) is 17.3 Å². The minimum Gasteiger partial charge on any atom is -0.511 e. The Hall–Kier alpha value is -3.60. The second-order valence-electron chi connectivity index (χ2n) is 8.18. The van der Waals surface area contributed by atoms with E-state index in [0.717, 1.165) is 28.3 Å². The highest BCUT2D eigenvalue weighted by Gasteiger charge is 2.25. The summed E-state index contributed by atoms with van der Waals surface area (Å²) in [6, 6.07) is 19.9. The van der Waals surface area contributed by atoms with Gasteiger partial charge in [-0.15, -0.1) is 0 Å². The molecule has 1 aliphatic carbocycles. The van der Waals surface area contributed by atoms with Gasteiger partial charge in [-0.05, 0) is 53.3 Å². The first-order chi connectivity index (χ1) is 16.1. The van der Waals surface area contributed by atoms with Crippen LogP contribution in [0.2, 0.25) is 0 Å². The van der Waals surface area contributed by atoms with Gasteiger partial charge in [0.25, 0.3) is 0 Å². The number of allylic oxidation sites excluding steroid dienone is 2. The maximum absolute atomic E-state index is 12.8. The smallest absolute Gasteiger partial charge is 0.168 e. The second-order valence-corrected chi connectivity index (χ2v) is 8.18. The monoisotopic (exact) mass is 443 g/mol. The van der Waals surface area contributed by atoms with Crippen LogP contribution in [0.15, 0.2) is 77.0 Å². The summed E-state index contributed by atoms with van der Waals surface area (Å²) < 4.78 is 10.7. The van der Waals surface area contributed by atoms with Crippen molar-refractivity contribution in [3.63, 3.8) is 0 Å². The van der Waals surface area contributed by atoms with Crippen LogP contribution in [0.1, 0.15) is 30.4 Å². The lowest BCUT2D eigenvalue weighted by Crippen LogP contribution is -2.22. The fourth-order valence-corrected chi connectivity index (χ4v) is 4.38. The summed E-state index contributed by atoms with van der Waals surface area (Å²) in [5.74, 6) is 1.46. The number of hydrogen-bond acceptors (Lipinski definition) is 5. The maximum Gasteiger partial charge on any atom is 0.168 e. The molecule has 0 heterocycles. The lowest BCUT2D eigenvalue weighted by Gasteiger charge is -2.18. The third-order valence-electron chi connectivity index (χ3n) is 6.06. The van der Waals surface area contributed by atoms with Gasteiger partial charge in [-0.3, -0.25) is 9.79 Å². The molecule has 0 atom stereocenters. The molecule has 0 spiro atoms. The van der Waals surface area contributed by atoms with Crippen molar-refractivity contribution in [2.75, 3.05) is 20.8 Å². The Bertz CT molecular complexity index is 1220. The van der Waals surface area contributed by atoms with Gasteiger partial charge in [-0.25, -0.2) is 0 Å². The quantitative estimate of drug-likeness (QED) is 0.379. The summed E-state index contributed by atoms with van der Waals surface area (Å²) in [6.07, 6.45) is 2.93. The highest BCUT2D eigenvalue weighted by atomic mass is 16.5. The SMILES string of the molecule is COc1ccc(CCN=C2CCCC(=O)/C2=C(\O)Cc2cccc3ccccc23)cc1OC. The summed E-state index contributed by atoms with van der Waals surface area (Å²) >= 11 is 0. The number of carbonyl (C=O) groups is 1. The van der Waals surface area contributed by atoms with E-state index in [9.17, 15) is 9.90 Å². The van der Waals surface area contributed by atoms with Crippen LogP contribution in [-0.2, 0) is 17.6 Å². The van der Waals surface area contributed by atoms with Gasteiger partial charge in [0.1, 0.15) is 5.76 Å². The van der Waals surface area contributed by atoms with Crippen molar-refractivity contribution in [3.8, 4) is 11.5 Å². The van der Waals surface area contributed by atoms with E-state index in [-0.39, 0.29) is 11.5 Å². The Kier molecular flexibility index (Phi) is 7.08. The highest BCUT2D eigenvalue weighted by molar-refractivity contribution is 6.24. The molecule has 0 amide bonds. The first kappa shape index (κ1) is 22.6. The van der Waals surface area contributed by atoms with Crippen molar-refractivity contribution in [1.29, 1.82) is 0 Å². The summed E-state index contributed by atoms with van der Waals surface area (Å²) in [6.45, 7) is 0.531. The second kappa shape index (κ2) is 10.3. The van der Waals surface area contributed by atoms with E-state index < -0.39 is 0 Å². The predicted octanol–water partition coefficient (Wildman–Crippen LogP) is 5.65. The van der Waals surface area contributed by atoms with E-state index in [1.165, 1.54) is 0 Å². The topological polar surface area (TPSA) is 68.1 Å². The highest BCUT2D eigenvalue weighted by Crippen LogP contribution is 2.28. The van der Waals surface area contributed by atoms with E-state index in [0.29, 0.717) is 55.0 Å². The lowest BCUT2D eigenvalue weighted by atomic mass is 9.88. The number of aliphatic imine (C=N–C) groups is 1. The number of rotatable bonds is 7. The number of nitrogens with zero attached hydrogens (tertiary/aromatic N) is 1. The maximum atomic E-state index is 12.8. The van der Waals surface area contributed by atoms with Gasteiger partial charge in [0, 0.05) is 25.1 Å². The number of ketones is 1. The Balaban J connectivity index is 1.56. The summed E-state index contributed by atoms with van der Waals surface area (Å²) in [7, 11) is 3.23. The van der Waals surface area contributed by atoms with Crippen molar-refractivity contribution in [3.05, 3.63) is 83.1 Å². The number of aliphatic hydroxyl groups excluding tert-OH is 1. The molecule has 1 aliphatic rings. The molecule has 170 valence electrons. The number of ether oxygens (including phenoxy) is 2. The average molecular weight is 444 g/mol. The van der Waals surface area contributed by atoms with Crippen LogP contribution in [0.5, 0.6) is 11.5 Å². The molecule has 33 heavy (non-hydrogen) atoms. The van der Waals surface area contributed by atoms with Gasteiger partial charge in [0.05, 0.1) is 19.8 Å². The van der Waals surface area contributed by atoms with Gasteiger partial charge >= 0.3 is 0 Å². The molecular weight excluding hydrogens is 414 g/mol. The lowest BCUT2D eigenvalue weighted by molar-refractivity contribution is -0.115. The molecule has 1 saturated carbocycles. The molecule has 0 aliphatic heterocycles. The third-order valence-corrected chi connectivity index (χ3v) is 6.06. The molecule has 5 nitrogen and oxygen atoms in total. The Labute approximate surface area is 194 Å². The largest absolute Gasteiger partial charge is 0.511 e. The molecule has 1 fully saturated rings. The molecular formula is C28H29NO4. The fraction of sp³-hybridized carbons (Fsp3) is 0.286. The van der Waals surface area contributed by atoms with Crippen LogP contribution >= 0.6 is 0 Å². The van der Waals surface area contributed by atoms with Crippen LogP contribution in [0.4, 0.5) is 0 Å². The molecule has 0 radical (unpaired) electrons. The molecule has 1 N–H and O–H groups in total. The first-order valence-electron chi connectivity index (χ1n) is 11.3. The van der Waals surface area contributed by atoms with Crippen LogP contribution in [0.25, 0.3) is 10.8 Å². The van der Waals surface area contributed by atoms with E-state index >= 15 is 0 Å². The van der Waals surface area contributed by atoms with E-state index in [2.05, 4.69) is 12.1 Å².